The molecule has 6 heteroatoms. The molecule has 0 atom stereocenters. The standard InChI is InChI=1S/C21H42O2.C18H38O.C5H10O2.C2H6O/c1-3-5-6-7-8-9-10-11-12-13-14-15-16-17-18-19-20-23-21(22)4-2;1-2-3-4-5-6-7-8-9-10-11-12-13-14-15-16-17-18-19;1-3-5(6)7-4-2;1-2-3/h3-20H2,1-2H3;19H,2-18H2,1H3;3-4H2,1-2H3;3H,2H2,1H3. The van der Waals surface area contributed by atoms with E-state index in [0.29, 0.717) is 32.7 Å². The fourth-order valence-corrected chi connectivity index (χ4v) is 5.86. The highest BCUT2D eigenvalue weighted by molar-refractivity contribution is 5.69. The van der Waals surface area contributed by atoms with Gasteiger partial charge in [-0.2, -0.15) is 0 Å². The molecule has 6 nitrogen and oxygen atoms in total. The van der Waals surface area contributed by atoms with Crippen molar-refractivity contribution in [2.75, 3.05) is 26.4 Å². The minimum absolute atomic E-state index is 0.0639. The third-order valence-electron chi connectivity index (χ3n) is 9.16. The topological polar surface area (TPSA) is 93.1 Å². The van der Waals surface area contributed by atoms with E-state index < -0.39 is 0 Å². The highest BCUT2D eigenvalue weighted by atomic mass is 16.5. The minimum atomic E-state index is -0.123. The van der Waals surface area contributed by atoms with E-state index in [2.05, 4.69) is 18.6 Å². The van der Waals surface area contributed by atoms with E-state index in [1.807, 2.05) is 6.92 Å². The molecule has 316 valence electrons. The zero-order valence-corrected chi connectivity index (χ0v) is 36.4. The Kier molecular flexibility index (Phi) is 65.5. The van der Waals surface area contributed by atoms with Gasteiger partial charge in [0.05, 0.1) is 13.2 Å². The largest absolute Gasteiger partial charge is 0.466 e. The molecular weight excluding hydrogens is 649 g/mol. The van der Waals surface area contributed by atoms with Crippen molar-refractivity contribution in [1.29, 1.82) is 0 Å². The summed E-state index contributed by atoms with van der Waals surface area (Å²) in [5.41, 5.74) is 0. The summed E-state index contributed by atoms with van der Waals surface area (Å²) in [5, 5.41) is 16.2. The van der Waals surface area contributed by atoms with E-state index in [1.54, 1.807) is 20.8 Å². The summed E-state index contributed by atoms with van der Waals surface area (Å²) in [5.74, 6) is -0.187. The lowest BCUT2D eigenvalue weighted by molar-refractivity contribution is -0.144. The van der Waals surface area contributed by atoms with Crippen LogP contribution in [0.25, 0.3) is 0 Å². The van der Waals surface area contributed by atoms with Gasteiger partial charge in [0, 0.05) is 26.1 Å². The lowest BCUT2D eigenvalue weighted by atomic mass is 10.0. The maximum Gasteiger partial charge on any atom is 0.305 e. The van der Waals surface area contributed by atoms with Gasteiger partial charge in [0.15, 0.2) is 0 Å². The molecule has 0 heterocycles. The third-order valence-corrected chi connectivity index (χ3v) is 9.16. The Bertz CT molecular complexity index is 596. The van der Waals surface area contributed by atoms with Crippen molar-refractivity contribution in [3.63, 3.8) is 0 Å². The minimum Gasteiger partial charge on any atom is -0.466 e. The second-order valence-corrected chi connectivity index (χ2v) is 14.4. The number of ether oxygens (including phenoxy) is 2. The molecule has 52 heavy (non-hydrogen) atoms. The number of carbonyl (C=O) groups is 2. The molecule has 0 aromatic heterocycles. The number of aliphatic hydroxyl groups is 2. The van der Waals surface area contributed by atoms with Crippen LogP contribution >= 0.6 is 0 Å². The summed E-state index contributed by atoms with van der Waals surface area (Å²) in [7, 11) is 0. The number of aliphatic hydroxyl groups excluding tert-OH is 2. The van der Waals surface area contributed by atoms with E-state index in [0.717, 1.165) is 12.8 Å². The first kappa shape index (κ1) is 57.6. The monoisotopic (exact) mass is 745 g/mol. The molecule has 0 bridgehead atoms. The maximum absolute atomic E-state index is 10.9. The van der Waals surface area contributed by atoms with Gasteiger partial charge in [-0.1, -0.05) is 220 Å². The quantitative estimate of drug-likeness (QED) is 0.0490. The van der Waals surface area contributed by atoms with Gasteiger partial charge in [-0.05, 0) is 26.7 Å². The van der Waals surface area contributed by atoms with Crippen molar-refractivity contribution in [2.24, 2.45) is 0 Å². The molecule has 0 saturated carbocycles. The Morgan fingerprint density at radius 3 is 0.788 bits per heavy atom. The summed E-state index contributed by atoms with van der Waals surface area (Å²) in [6.45, 7) is 13.4. The highest BCUT2D eigenvalue weighted by Gasteiger charge is 1.98. The predicted octanol–water partition coefficient (Wildman–Crippen LogP) is 14.4. The van der Waals surface area contributed by atoms with Gasteiger partial charge in [0.25, 0.3) is 0 Å². The molecule has 0 aliphatic carbocycles. The zero-order valence-electron chi connectivity index (χ0n) is 36.4. The van der Waals surface area contributed by atoms with Crippen LogP contribution in [0, 0.1) is 0 Å². The van der Waals surface area contributed by atoms with Gasteiger partial charge in [-0.25, -0.2) is 0 Å². The first-order chi connectivity index (χ1) is 25.4. The lowest BCUT2D eigenvalue weighted by Crippen LogP contribution is -2.03. The van der Waals surface area contributed by atoms with Crippen LogP contribution in [0.1, 0.15) is 260 Å². The number of esters is 2. The van der Waals surface area contributed by atoms with Gasteiger partial charge in [0.1, 0.15) is 0 Å². The van der Waals surface area contributed by atoms with Gasteiger partial charge in [-0.15, -0.1) is 0 Å². The molecule has 0 aliphatic rings. The van der Waals surface area contributed by atoms with Crippen molar-refractivity contribution in [3.8, 4) is 0 Å². The summed E-state index contributed by atoms with van der Waals surface area (Å²) in [4.78, 5) is 21.1. The Balaban J connectivity index is -0.000000355. The summed E-state index contributed by atoms with van der Waals surface area (Å²) in [6.07, 6.45) is 45.1. The molecule has 0 rings (SSSR count). The average molecular weight is 745 g/mol. The number of hydrogen-bond donors (Lipinski definition) is 2. The van der Waals surface area contributed by atoms with Crippen molar-refractivity contribution < 1.29 is 29.3 Å². The molecule has 0 aromatic rings. The van der Waals surface area contributed by atoms with Gasteiger partial charge in [-0.3, -0.25) is 9.59 Å². The fourth-order valence-electron chi connectivity index (χ4n) is 5.86. The molecule has 0 fully saturated rings. The molecule has 0 aromatic carbocycles. The van der Waals surface area contributed by atoms with Crippen molar-refractivity contribution in [1.82, 2.24) is 0 Å². The normalized spacial score (nSPS) is 10.3. The molecule has 0 amide bonds. The van der Waals surface area contributed by atoms with Crippen molar-refractivity contribution in [3.05, 3.63) is 0 Å². The van der Waals surface area contributed by atoms with Gasteiger partial charge >= 0.3 is 11.9 Å². The molecule has 0 spiro atoms. The Morgan fingerprint density at radius 2 is 0.577 bits per heavy atom. The van der Waals surface area contributed by atoms with E-state index in [1.165, 1.54) is 193 Å². The number of carbonyl (C=O) groups excluding carboxylic acids is 2. The molecule has 2 N–H and O–H groups in total. The van der Waals surface area contributed by atoms with Crippen LogP contribution in [0.3, 0.4) is 0 Å². The molecule has 0 aliphatic heterocycles. The second-order valence-electron chi connectivity index (χ2n) is 14.4. The van der Waals surface area contributed by atoms with Gasteiger partial charge < -0.3 is 19.7 Å². The van der Waals surface area contributed by atoms with Crippen LogP contribution in [0.2, 0.25) is 0 Å². The maximum atomic E-state index is 10.9. The van der Waals surface area contributed by atoms with Crippen LogP contribution in [0.5, 0.6) is 0 Å². The first-order valence-electron chi connectivity index (χ1n) is 23.0. The third kappa shape index (κ3) is 67.0. The number of hydrogen-bond acceptors (Lipinski definition) is 6. The predicted molar refractivity (Wildman–Crippen MR) is 227 cm³/mol. The average Bonchev–Trinajstić information content (AvgIpc) is 3.15. The van der Waals surface area contributed by atoms with E-state index in [9.17, 15) is 9.59 Å². The Labute approximate surface area is 326 Å². The lowest BCUT2D eigenvalue weighted by Gasteiger charge is -2.04. The molecular formula is C46H96O6. The van der Waals surface area contributed by atoms with E-state index in [-0.39, 0.29) is 18.5 Å². The van der Waals surface area contributed by atoms with Gasteiger partial charge in [0.2, 0.25) is 0 Å². The van der Waals surface area contributed by atoms with Crippen molar-refractivity contribution in [2.45, 2.75) is 260 Å². The molecule has 0 saturated heterocycles. The smallest absolute Gasteiger partial charge is 0.305 e. The molecule has 0 radical (unpaired) electrons. The van der Waals surface area contributed by atoms with Crippen LogP contribution < -0.4 is 0 Å². The fraction of sp³-hybridized carbons (Fsp3) is 0.957. The van der Waals surface area contributed by atoms with Crippen LogP contribution in [0.4, 0.5) is 0 Å². The van der Waals surface area contributed by atoms with Crippen LogP contribution in [-0.4, -0.2) is 48.6 Å². The Hall–Kier alpha value is -1.14. The number of unbranched alkanes of at least 4 members (excludes halogenated alkanes) is 30. The highest BCUT2D eigenvalue weighted by Crippen LogP contribution is 2.15. The SMILES string of the molecule is CCCCCCCCCCCCCCCCCCO.CCCCCCCCCCCCCCCCCCOC(=O)CC.CCO.CCOC(=O)CC. The van der Waals surface area contributed by atoms with Crippen LogP contribution in [0.15, 0.2) is 0 Å². The summed E-state index contributed by atoms with van der Waals surface area (Å²) in [6, 6.07) is 0. The summed E-state index contributed by atoms with van der Waals surface area (Å²) >= 11 is 0. The Morgan fingerprint density at radius 1 is 0.346 bits per heavy atom. The number of rotatable bonds is 36. The second kappa shape index (κ2) is 59.1. The van der Waals surface area contributed by atoms with Crippen LogP contribution in [-0.2, 0) is 19.1 Å². The van der Waals surface area contributed by atoms with E-state index in [4.69, 9.17) is 14.9 Å². The summed E-state index contributed by atoms with van der Waals surface area (Å²) < 4.78 is 9.62. The molecule has 0 unspecified atom stereocenters. The zero-order chi connectivity index (χ0) is 39.4. The first-order valence-corrected chi connectivity index (χ1v) is 23.0. The van der Waals surface area contributed by atoms with E-state index >= 15 is 0 Å². The van der Waals surface area contributed by atoms with Crippen molar-refractivity contribution >= 4 is 11.9 Å².